The number of nitrogens with zero attached hydrogens (tertiary/aromatic N) is 2. The Morgan fingerprint density at radius 2 is 1.91 bits per heavy atom. The Hall–Kier alpha value is -3.35. The highest BCUT2D eigenvalue weighted by Crippen LogP contribution is 2.42. The molecular formula is C25H24F3N3O. The van der Waals surface area contributed by atoms with E-state index in [1.165, 1.54) is 6.07 Å². The van der Waals surface area contributed by atoms with Crippen LogP contribution in [0.5, 0.6) is 0 Å². The summed E-state index contributed by atoms with van der Waals surface area (Å²) < 4.78 is 40.4. The first kappa shape index (κ1) is 21.9. The number of carbonyl (C=O) groups is 1. The number of nitrogens with one attached hydrogen (secondary N) is 1. The van der Waals surface area contributed by atoms with E-state index in [9.17, 15) is 18.0 Å². The van der Waals surface area contributed by atoms with E-state index in [0.29, 0.717) is 29.1 Å². The zero-order valence-corrected chi connectivity index (χ0v) is 17.9. The average Bonchev–Trinajstić information content (AvgIpc) is 2.91. The molecule has 4 rings (SSSR count). The van der Waals surface area contributed by atoms with Crippen LogP contribution < -0.4 is 5.32 Å². The van der Waals surface area contributed by atoms with Crippen molar-refractivity contribution in [2.75, 3.05) is 13.1 Å². The molecule has 1 N–H and O–H groups in total. The molecule has 0 radical (unpaired) electrons. The molecule has 166 valence electrons. The van der Waals surface area contributed by atoms with Crippen molar-refractivity contribution in [3.63, 3.8) is 0 Å². The topological polar surface area (TPSA) is 44.7 Å². The van der Waals surface area contributed by atoms with Crippen molar-refractivity contribution in [3.8, 4) is 0 Å². The number of amides is 1. The second-order valence-electron chi connectivity index (χ2n) is 8.60. The van der Waals surface area contributed by atoms with Gasteiger partial charge in [-0.3, -0.25) is 9.79 Å². The molecular weight excluding hydrogens is 415 g/mol. The fraction of sp³-hybridized carbons (Fsp3) is 0.280. The summed E-state index contributed by atoms with van der Waals surface area (Å²) in [5, 5.41) is 3.32. The van der Waals surface area contributed by atoms with Crippen molar-refractivity contribution in [1.29, 1.82) is 0 Å². The van der Waals surface area contributed by atoms with Gasteiger partial charge in [0.1, 0.15) is 5.70 Å². The molecule has 2 aliphatic heterocycles. The summed E-state index contributed by atoms with van der Waals surface area (Å²) in [6.45, 7) is 8.23. The molecule has 0 bridgehead atoms. The van der Waals surface area contributed by atoms with Crippen LogP contribution in [0.3, 0.4) is 0 Å². The Bertz CT molecular complexity index is 1120. The summed E-state index contributed by atoms with van der Waals surface area (Å²) in [7, 11) is 0. The van der Waals surface area contributed by atoms with E-state index in [0.717, 1.165) is 17.7 Å². The van der Waals surface area contributed by atoms with Crippen LogP contribution in [0.15, 0.2) is 83.5 Å². The Labute approximate surface area is 185 Å². The zero-order chi connectivity index (χ0) is 23.1. The van der Waals surface area contributed by atoms with Crippen molar-refractivity contribution in [3.05, 3.63) is 95.2 Å². The van der Waals surface area contributed by atoms with E-state index >= 15 is 0 Å². The van der Waals surface area contributed by atoms with Crippen LogP contribution in [0.1, 0.15) is 36.6 Å². The van der Waals surface area contributed by atoms with Gasteiger partial charge in [0.2, 0.25) is 0 Å². The molecule has 0 aromatic heterocycles. The minimum Gasteiger partial charge on any atom is -0.373 e. The summed E-state index contributed by atoms with van der Waals surface area (Å²) in [5.74, 6) is -0.277. The molecule has 1 unspecified atom stereocenters. The summed E-state index contributed by atoms with van der Waals surface area (Å²) >= 11 is 0. The van der Waals surface area contributed by atoms with Crippen LogP contribution in [-0.2, 0) is 11.0 Å². The van der Waals surface area contributed by atoms with Gasteiger partial charge in [-0.2, -0.15) is 13.2 Å². The molecule has 1 atom stereocenters. The molecule has 2 aromatic carbocycles. The van der Waals surface area contributed by atoms with E-state index in [-0.39, 0.29) is 12.5 Å². The van der Waals surface area contributed by atoms with Crippen molar-refractivity contribution < 1.29 is 18.0 Å². The fourth-order valence-corrected chi connectivity index (χ4v) is 4.18. The van der Waals surface area contributed by atoms with Crippen LogP contribution in [0.2, 0.25) is 0 Å². The highest BCUT2D eigenvalue weighted by atomic mass is 19.4. The number of rotatable bonds is 4. The number of halogens is 3. The Kier molecular flexibility index (Phi) is 5.44. The molecule has 0 spiro atoms. The number of alkyl halides is 3. The molecule has 1 amide bonds. The minimum atomic E-state index is -4.49. The third-order valence-corrected chi connectivity index (χ3v) is 5.58. The smallest absolute Gasteiger partial charge is 0.373 e. The van der Waals surface area contributed by atoms with Gasteiger partial charge in [-0.05, 0) is 31.5 Å². The first-order valence-corrected chi connectivity index (χ1v) is 10.3. The standard InChI is InChI=1S/C25H24F3N3O/c1-4-13-31-22(17-11-8-12-18(14-17)25(26,27)28)19-20(16-9-6-5-7-10-16)29-15-24(2,3)30-21(19)23(31)32/h4-12,14,22,30H,1,13,15H2,2-3H3. The molecule has 2 aliphatic rings. The van der Waals surface area contributed by atoms with Gasteiger partial charge >= 0.3 is 6.18 Å². The van der Waals surface area contributed by atoms with E-state index < -0.39 is 23.3 Å². The van der Waals surface area contributed by atoms with E-state index in [4.69, 9.17) is 4.99 Å². The molecule has 0 saturated carbocycles. The minimum absolute atomic E-state index is 0.191. The van der Waals surface area contributed by atoms with E-state index in [2.05, 4.69) is 11.9 Å². The highest BCUT2D eigenvalue weighted by molar-refractivity contribution is 6.19. The molecule has 2 heterocycles. The predicted molar refractivity (Wildman–Crippen MR) is 118 cm³/mol. The van der Waals surface area contributed by atoms with Crippen LogP contribution in [0.25, 0.3) is 0 Å². The highest BCUT2D eigenvalue weighted by Gasteiger charge is 2.45. The van der Waals surface area contributed by atoms with Gasteiger partial charge in [0.05, 0.1) is 29.4 Å². The molecule has 4 nitrogen and oxygen atoms in total. The second-order valence-corrected chi connectivity index (χ2v) is 8.60. The number of aliphatic imine (C=N–C) groups is 1. The maximum atomic E-state index is 13.5. The first-order valence-electron chi connectivity index (χ1n) is 10.3. The molecule has 0 saturated heterocycles. The van der Waals surface area contributed by atoms with Crippen molar-refractivity contribution >= 4 is 11.6 Å². The summed E-state index contributed by atoms with van der Waals surface area (Å²) in [6, 6.07) is 13.8. The largest absolute Gasteiger partial charge is 0.416 e. The van der Waals surface area contributed by atoms with Gasteiger partial charge in [-0.25, -0.2) is 0 Å². The first-order chi connectivity index (χ1) is 15.1. The monoisotopic (exact) mass is 439 g/mol. The lowest BCUT2D eigenvalue weighted by Gasteiger charge is -2.29. The van der Waals surface area contributed by atoms with Gasteiger partial charge in [-0.15, -0.1) is 6.58 Å². The van der Waals surface area contributed by atoms with Crippen LogP contribution in [0, 0.1) is 0 Å². The third-order valence-electron chi connectivity index (χ3n) is 5.58. The molecule has 7 heteroatoms. The quantitative estimate of drug-likeness (QED) is 0.689. The van der Waals surface area contributed by atoms with Crippen LogP contribution >= 0.6 is 0 Å². The van der Waals surface area contributed by atoms with Crippen LogP contribution in [-0.4, -0.2) is 35.1 Å². The van der Waals surface area contributed by atoms with Gasteiger partial charge in [0.15, 0.2) is 0 Å². The second kappa shape index (κ2) is 7.97. The van der Waals surface area contributed by atoms with E-state index in [1.54, 1.807) is 17.0 Å². The summed E-state index contributed by atoms with van der Waals surface area (Å²) in [6.07, 6.45) is -2.91. The molecule has 32 heavy (non-hydrogen) atoms. The average molecular weight is 439 g/mol. The van der Waals surface area contributed by atoms with Crippen molar-refractivity contribution in [2.24, 2.45) is 4.99 Å². The Morgan fingerprint density at radius 3 is 2.56 bits per heavy atom. The van der Waals surface area contributed by atoms with Gasteiger partial charge in [-0.1, -0.05) is 48.5 Å². The number of carbonyl (C=O) groups excluding carboxylic acids is 1. The molecule has 0 fully saturated rings. The van der Waals surface area contributed by atoms with Gasteiger partial charge < -0.3 is 10.2 Å². The number of hydrogen-bond donors (Lipinski definition) is 1. The Balaban J connectivity index is 1.95. The van der Waals surface area contributed by atoms with Crippen molar-refractivity contribution in [1.82, 2.24) is 10.2 Å². The molecule has 0 aliphatic carbocycles. The number of hydrogen-bond acceptors (Lipinski definition) is 3. The lowest BCUT2D eigenvalue weighted by molar-refractivity contribution is -0.137. The fourth-order valence-electron chi connectivity index (χ4n) is 4.18. The van der Waals surface area contributed by atoms with Gasteiger partial charge in [0, 0.05) is 17.7 Å². The van der Waals surface area contributed by atoms with Gasteiger partial charge in [0.25, 0.3) is 5.91 Å². The summed E-state index contributed by atoms with van der Waals surface area (Å²) in [4.78, 5) is 19.9. The summed E-state index contributed by atoms with van der Waals surface area (Å²) in [5.41, 5.74) is 1.51. The Morgan fingerprint density at radius 1 is 1.19 bits per heavy atom. The molecule has 2 aromatic rings. The maximum absolute atomic E-state index is 13.5. The van der Waals surface area contributed by atoms with Crippen LogP contribution in [0.4, 0.5) is 13.2 Å². The van der Waals surface area contributed by atoms with Crippen molar-refractivity contribution in [2.45, 2.75) is 31.6 Å². The van der Waals surface area contributed by atoms with E-state index in [1.807, 2.05) is 44.2 Å². The number of benzene rings is 2. The third kappa shape index (κ3) is 3.95. The SMILES string of the molecule is C=CCN1C(=O)C2=C(C(c3ccccc3)=NCC(C)(C)N2)C1c1cccc(C(F)(F)F)c1. The lowest BCUT2D eigenvalue weighted by Crippen LogP contribution is -2.44. The zero-order valence-electron chi connectivity index (χ0n) is 17.9. The normalized spacial score (nSPS) is 20.4. The maximum Gasteiger partial charge on any atom is 0.416 e. The predicted octanol–water partition coefficient (Wildman–Crippen LogP) is 4.90. The lowest BCUT2D eigenvalue weighted by atomic mass is 9.91.